The number of hydrogen-bond donors (Lipinski definition) is 3. The maximum Gasteiger partial charge on any atom is 0.0890 e. The van der Waals surface area contributed by atoms with Gasteiger partial charge >= 0.3 is 0 Å². The van der Waals surface area contributed by atoms with Crippen molar-refractivity contribution in [2.24, 2.45) is 43.8 Å². The van der Waals surface area contributed by atoms with Crippen LogP contribution in [0.25, 0.3) is 0 Å². The van der Waals surface area contributed by atoms with E-state index in [0.29, 0.717) is 0 Å². The van der Waals surface area contributed by atoms with Gasteiger partial charge in [-0.1, -0.05) is 139 Å². The summed E-state index contributed by atoms with van der Waals surface area (Å²) >= 11 is 0. The highest BCUT2D eigenvalue weighted by molar-refractivity contribution is 5.36. The molecular formula is C35H60O4. The number of rotatable bonds is 7. The molecule has 0 fully saturated rings. The molecule has 224 valence electrons. The predicted molar refractivity (Wildman–Crippen MR) is 164 cm³/mol. The largest absolute Gasteiger partial charge is 0.396 e. The van der Waals surface area contributed by atoms with Gasteiger partial charge < -0.3 is 20.1 Å². The maximum absolute atomic E-state index is 10.9. The third kappa shape index (κ3) is 6.05. The molecule has 0 saturated carbocycles. The molecule has 5 unspecified atom stereocenters. The Morgan fingerprint density at radius 3 is 1.41 bits per heavy atom. The van der Waals surface area contributed by atoms with Crippen LogP contribution in [0.2, 0.25) is 0 Å². The van der Waals surface area contributed by atoms with E-state index in [1.807, 2.05) is 0 Å². The van der Waals surface area contributed by atoms with E-state index in [4.69, 9.17) is 4.74 Å². The van der Waals surface area contributed by atoms with Crippen LogP contribution in [0.5, 0.6) is 0 Å². The normalized spacial score (nSPS) is 29.8. The van der Waals surface area contributed by atoms with Crippen LogP contribution in [0.15, 0.2) is 47.6 Å². The molecule has 0 radical (unpaired) electrons. The summed E-state index contributed by atoms with van der Waals surface area (Å²) in [5, 5.41) is 32.8. The van der Waals surface area contributed by atoms with Crippen molar-refractivity contribution in [3.63, 3.8) is 0 Å². The lowest BCUT2D eigenvalue weighted by atomic mass is 9.51. The first kappa shape index (κ1) is 34.0. The van der Waals surface area contributed by atoms with Gasteiger partial charge in [-0.25, -0.2) is 0 Å². The summed E-state index contributed by atoms with van der Waals surface area (Å²) in [5.41, 5.74) is -0.306. The van der Waals surface area contributed by atoms with Crippen molar-refractivity contribution >= 4 is 0 Å². The molecule has 0 bridgehead atoms. The lowest BCUT2D eigenvalue weighted by Crippen LogP contribution is -2.60. The number of aliphatic hydroxyl groups is 3. The van der Waals surface area contributed by atoms with Crippen molar-refractivity contribution in [2.75, 3.05) is 19.8 Å². The van der Waals surface area contributed by atoms with E-state index in [1.165, 1.54) is 11.1 Å². The summed E-state index contributed by atoms with van der Waals surface area (Å²) in [4.78, 5) is 0. The average molecular weight is 545 g/mol. The lowest BCUT2D eigenvalue weighted by molar-refractivity contribution is -0.195. The van der Waals surface area contributed by atoms with Crippen LogP contribution in [-0.4, -0.2) is 47.3 Å². The van der Waals surface area contributed by atoms with Crippen molar-refractivity contribution < 1.29 is 20.1 Å². The second-order valence-corrected chi connectivity index (χ2v) is 16.8. The summed E-state index contributed by atoms with van der Waals surface area (Å²) < 4.78 is 7.49. The Hall–Kier alpha value is -1.20. The van der Waals surface area contributed by atoms with Gasteiger partial charge in [-0.3, -0.25) is 0 Å². The van der Waals surface area contributed by atoms with Crippen LogP contribution in [0.3, 0.4) is 0 Å². The second kappa shape index (κ2) is 10.9. The molecule has 0 aromatic heterocycles. The Balaban J connectivity index is 2.99. The van der Waals surface area contributed by atoms with Crippen molar-refractivity contribution in [3.05, 3.63) is 47.6 Å². The fourth-order valence-electron chi connectivity index (χ4n) is 6.29. The Kier molecular flexibility index (Phi) is 9.50. The van der Waals surface area contributed by atoms with Gasteiger partial charge in [0.15, 0.2) is 0 Å². The summed E-state index contributed by atoms with van der Waals surface area (Å²) in [6, 6.07) is 0. The molecule has 4 heteroatoms. The molecular weight excluding hydrogens is 484 g/mol. The van der Waals surface area contributed by atoms with Crippen LogP contribution in [0.1, 0.15) is 96.9 Å². The van der Waals surface area contributed by atoms with E-state index < -0.39 is 11.5 Å². The molecule has 0 amide bonds. The molecule has 5 atom stereocenters. The van der Waals surface area contributed by atoms with E-state index in [1.54, 1.807) is 0 Å². The maximum atomic E-state index is 10.9. The molecule has 0 aliphatic heterocycles. The molecule has 2 aliphatic carbocycles. The number of hydrogen-bond acceptors (Lipinski definition) is 4. The molecule has 0 aromatic rings. The zero-order chi connectivity index (χ0) is 30.5. The van der Waals surface area contributed by atoms with Crippen molar-refractivity contribution in [1.82, 2.24) is 0 Å². The van der Waals surface area contributed by atoms with Gasteiger partial charge in [0.05, 0.1) is 37.4 Å². The highest BCUT2D eigenvalue weighted by Crippen LogP contribution is 2.59. The predicted octanol–water partition coefficient (Wildman–Crippen LogP) is 7.51. The van der Waals surface area contributed by atoms with Gasteiger partial charge in [0.2, 0.25) is 0 Å². The number of ether oxygens (including phenoxy) is 1. The molecule has 2 aliphatic rings. The monoisotopic (exact) mass is 544 g/mol. The molecule has 0 aromatic carbocycles. The van der Waals surface area contributed by atoms with E-state index in [2.05, 4.69) is 133 Å². The third-order valence-corrected chi connectivity index (χ3v) is 10.3. The summed E-state index contributed by atoms with van der Waals surface area (Å²) in [5.74, 6) is -0.203. The smallest absolute Gasteiger partial charge is 0.0890 e. The summed E-state index contributed by atoms with van der Waals surface area (Å²) in [7, 11) is 0. The minimum Gasteiger partial charge on any atom is -0.396 e. The van der Waals surface area contributed by atoms with Crippen LogP contribution < -0.4 is 0 Å². The molecule has 39 heavy (non-hydrogen) atoms. The van der Waals surface area contributed by atoms with Crippen LogP contribution in [-0.2, 0) is 4.74 Å². The summed E-state index contributed by atoms with van der Waals surface area (Å²) in [6.07, 6.45) is 12.2. The first-order valence-corrected chi connectivity index (χ1v) is 14.7. The number of allylic oxidation sites excluding steroid dienone is 5. The highest BCUT2D eigenvalue weighted by Gasteiger charge is 2.58. The first-order chi connectivity index (χ1) is 17.5. The zero-order valence-electron chi connectivity index (χ0n) is 27.6. The van der Waals surface area contributed by atoms with Gasteiger partial charge in [-0.2, -0.15) is 0 Å². The zero-order valence-corrected chi connectivity index (χ0v) is 27.6. The minimum absolute atomic E-state index is 0.147. The third-order valence-electron chi connectivity index (χ3n) is 10.3. The van der Waals surface area contributed by atoms with Gasteiger partial charge in [0.1, 0.15) is 0 Å². The van der Waals surface area contributed by atoms with Gasteiger partial charge in [-0.05, 0) is 32.6 Å². The van der Waals surface area contributed by atoms with E-state index in [9.17, 15) is 15.3 Å². The molecule has 4 nitrogen and oxygen atoms in total. The average Bonchev–Trinajstić information content (AvgIpc) is 2.78. The Bertz CT molecular complexity index is 973. The molecule has 0 heterocycles. The lowest BCUT2D eigenvalue weighted by Gasteiger charge is -2.58. The SMILES string of the molecule is CC(C)(C)C1=CC=CC(C)(C(C)(C)C)C1OC(C1C(C(C)(C)C)=CC=CC1(C)C(C)(C)C)C(CO)(CO)CO. The highest BCUT2D eigenvalue weighted by atomic mass is 16.5. The first-order valence-electron chi connectivity index (χ1n) is 14.7. The fraction of sp³-hybridized carbons (Fsp3) is 0.771. The van der Waals surface area contributed by atoms with E-state index in [0.717, 1.165) is 0 Å². The Morgan fingerprint density at radius 2 is 1.05 bits per heavy atom. The fourth-order valence-corrected chi connectivity index (χ4v) is 6.29. The topological polar surface area (TPSA) is 69.9 Å². The quantitative estimate of drug-likeness (QED) is 0.310. The molecule has 0 saturated heterocycles. The Labute approximate surface area is 240 Å². The van der Waals surface area contributed by atoms with Crippen molar-refractivity contribution in [1.29, 1.82) is 0 Å². The van der Waals surface area contributed by atoms with Crippen molar-refractivity contribution in [2.45, 2.75) is 109 Å². The van der Waals surface area contributed by atoms with E-state index in [-0.39, 0.29) is 64.3 Å². The van der Waals surface area contributed by atoms with Crippen LogP contribution in [0, 0.1) is 43.8 Å². The summed E-state index contributed by atoms with van der Waals surface area (Å²) in [6.45, 7) is 30.1. The van der Waals surface area contributed by atoms with Gasteiger partial charge in [0, 0.05) is 11.3 Å². The molecule has 2 rings (SSSR count). The number of aliphatic hydroxyl groups excluding tert-OH is 3. The standard InChI is InChI=1S/C35H60O4/c1-29(2,3)24-17-15-19-33(13,31(7,8)9)26(24)28(35(21-36,22-37)23-38)39-27-25(30(4,5)6)18-16-20-34(27,14)32(10,11)12/h15-20,26-28,36-38H,21-23H2,1-14H3. The molecule has 3 N–H and O–H groups in total. The van der Waals surface area contributed by atoms with Crippen molar-refractivity contribution in [3.8, 4) is 0 Å². The van der Waals surface area contributed by atoms with Gasteiger partial charge in [-0.15, -0.1) is 0 Å². The Morgan fingerprint density at radius 1 is 0.667 bits per heavy atom. The minimum atomic E-state index is -1.25. The second-order valence-electron chi connectivity index (χ2n) is 16.8. The van der Waals surface area contributed by atoms with Crippen LogP contribution >= 0.6 is 0 Å². The van der Waals surface area contributed by atoms with E-state index >= 15 is 0 Å². The van der Waals surface area contributed by atoms with Gasteiger partial charge in [0.25, 0.3) is 0 Å². The van der Waals surface area contributed by atoms with Crippen LogP contribution in [0.4, 0.5) is 0 Å². The molecule has 0 spiro atoms.